The van der Waals surface area contributed by atoms with Gasteiger partial charge in [-0.05, 0) is 26.7 Å². The Labute approximate surface area is 75.7 Å². The van der Waals surface area contributed by atoms with E-state index in [1.165, 1.54) is 6.42 Å². The van der Waals surface area contributed by atoms with E-state index in [9.17, 15) is 0 Å². The molecule has 0 aromatic carbocycles. The van der Waals surface area contributed by atoms with E-state index in [-0.39, 0.29) is 5.72 Å². The van der Waals surface area contributed by atoms with Gasteiger partial charge in [0.25, 0.3) is 0 Å². The monoisotopic (exact) mass is 171 g/mol. The van der Waals surface area contributed by atoms with Crippen molar-refractivity contribution in [3.05, 3.63) is 0 Å². The zero-order chi connectivity index (χ0) is 9.19. The van der Waals surface area contributed by atoms with Crippen LogP contribution in [0, 0.1) is 0 Å². The maximum Gasteiger partial charge on any atom is 0.117 e. The molecular weight excluding hydrogens is 150 g/mol. The second kappa shape index (κ2) is 3.75. The predicted molar refractivity (Wildman–Crippen MR) is 51.1 cm³/mol. The highest BCUT2D eigenvalue weighted by molar-refractivity contribution is 4.88. The van der Waals surface area contributed by atoms with Crippen molar-refractivity contribution < 1.29 is 4.74 Å². The molecule has 0 spiro atoms. The van der Waals surface area contributed by atoms with Crippen LogP contribution in [0.15, 0.2) is 0 Å². The Hall–Kier alpha value is -0.0800. The summed E-state index contributed by atoms with van der Waals surface area (Å²) < 4.78 is 5.94. The average Bonchev–Trinajstić information content (AvgIpc) is 2.27. The second-order valence-electron chi connectivity index (χ2n) is 3.98. The highest BCUT2D eigenvalue weighted by atomic mass is 16.5. The molecule has 1 heterocycles. The molecule has 2 nitrogen and oxygen atoms in total. The predicted octanol–water partition coefficient (Wildman–Crippen LogP) is 2.29. The standard InChI is InChI=1S/C10H21NO/c1-5-7-10(4)11-8(3)9(6-2)12-10/h8-9,11H,5-7H2,1-4H3. The van der Waals surface area contributed by atoms with Crippen LogP contribution in [0.1, 0.15) is 47.0 Å². The summed E-state index contributed by atoms with van der Waals surface area (Å²) >= 11 is 0. The van der Waals surface area contributed by atoms with Gasteiger partial charge in [0.1, 0.15) is 5.72 Å². The smallest absolute Gasteiger partial charge is 0.117 e. The summed E-state index contributed by atoms with van der Waals surface area (Å²) in [5.74, 6) is 0. The maximum absolute atomic E-state index is 5.94. The molecule has 1 aliphatic rings. The third-order valence-electron chi connectivity index (χ3n) is 2.63. The Morgan fingerprint density at radius 2 is 2.08 bits per heavy atom. The molecule has 3 unspecified atom stereocenters. The largest absolute Gasteiger partial charge is 0.356 e. The molecule has 2 heteroatoms. The molecule has 3 atom stereocenters. The Balaban J connectivity index is 2.51. The minimum Gasteiger partial charge on any atom is -0.356 e. The van der Waals surface area contributed by atoms with Crippen LogP contribution in [0.4, 0.5) is 0 Å². The third kappa shape index (κ3) is 1.99. The van der Waals surface area contributed by atoms with Gasteiger partial charge in [0.15, 0.2) is 0 Å². The van der Waals surface area contributed by atoms with Crippen molar-refractivity contribution in [3.8, 4) is 0 Å². The Morgan fingerprint density at radius 3 is 2.50 bits per heavy atom. The summed E-state index contributed by atoms with van der Waals surface area (Å²) in [5.41, 5.74) is -0.0607. The van der Waals surface area contributed by atoms with Crippen LogP contribution in [0.5, 0.6) is 0 Å². The molecule has 72 valence electrons. The first-order chi connectivity index (χ1) is 5.61. The molecule has 0 saturated carbocycles. The van der Waals surface area contributed by atoms with E-state index >= 15 is 0 Å². The van der Waals surface area contributed by atoms with Crippen molar-refractivity contribution >= 4 is 0 Å². The van der Waals surface area contributed by atoms with Gasteiger partial charge < -0.3 is 4.74 Å². The number of nitrogens with one attached hydrogen (secondary N) is 1. The van der Waals surface area contributed by atoms with Crippen molar-refractivity contribution in [2.75, 3.05) is 0 Å². The van der Waals surface area contributed by atoms with E-state index in [1.54, 1.807) is 0 Å². The number of hydrogen-bond acceptors (Lipinski definition) is 2. The van der Waals surface area contributed by atoms with Gasteiger partial charge in [0, 0.05) is 6.04 Å². The van der Waals surface area contributed by atoms with Gasteiger partial charge in [-0.3, -0.25) is 5.32 Å². The Bertz CT molecular complexity index is 149. The first-order valence-electron chi connectivity index (χ1n) is 5.07. The molecule has 0 radical (unpaired) electrons. The first-order valence-corrected chi connectivity index (χ1v) is 5.07. The fourth-order valence-corrected chi connectivity index (χ4v) is 2.09. The van der Waals surface area contributed by atoms with E-state index in [2.05, 4.69) is 33.0 Å². The van der Waals surface area contributed by atoms with Gasteiger partial charge in [-0.15, -0.1) is 0 Å². The topological polar surface area (TPSA) is 21.3 Å². The molecule has 1 N–H and O–H groups in total. The molecular formula is C10H21NO. The summed E-state index contributed by atoms with van der Waals surface area (Å²) in [5, 5.41) is 3.51. The van der Waals surface area contributed by atoms with Gasteiger partial charge in [0.05, 0.1) is 6.10 Å². The van der Waals surface area contributed by atoms with Gasteiger partial charge in [-0.25, -0.2) is 0 Å². The lowest BCUT2D eigenvalue weighted by Gasteiger charge is -2.23. The van der Waals surface area contributed by atoms with E-state index in [1.807, 2.05) is 0 Å². The molecule has 0 aromatic rings. The lowest BCUT2D eigenvalue weighted by molar-refractivity contribution is -0.0447. The highest BCUT2D eigenvalue weighted by Gasteiger charge is 2.38. The molecule has 1 fully saturated rings. The van der Waals surface area contributed by atoms with Crippen LogP contribution in [0.25, 0.3) is 0 Å². The second-order valence-corrected chi connectivity index (χ2v) is 3.98. The van der Waals surface area contributed by atoms with Crippen LogP contribution in [-0.2, 0) is 4.74 Å². The van der Waals surface area contributed by atoms with E-state index < -0.39 is 0 Å². The number of rotatable bonds is 3. The highest BCUT2D eigenvalue weighted by Crippen LogP contribution is 2.26. The van der Waals surface area contributed by atoms with E-state index in [0.29, 0.717) is 12.1 Å². The van der Waals surface area contributed by atoms with Crippen molar-refractivity contribution in [2.24, 2.45) is 0 Å². The summed E-state index contributed by atoms with van der Waals surface area (Å²) in [6, 6.07) is 0.506. The number of hydrogen-bond donors (Lipinski definition) is 1. The van der Waals surface area contributed by atoms with Crippen LogP contribution in [0.2, 0.25) is 0 Å². The summed E-state index contributed by atoms with van der Waals surface area (Å²) in [6.45, 7) is 8.73. The minimum absolute atomic E-state index is 0.0607. The fraction of sp³-hybridized carbons (Fsp3) is 1.00. The third-order valence-corrected chi connectivity index (χ3v) is 2.63. The maximum atomic E-state index is 5.94. The van der Waals surface area contributed by atoms with Crippen LogP contribution in [-0.4, -0.2) is 17.9 Å². The SMILES string of the molecule is CCCC1(C)NC(C)C(CC)O1. The van der Waals surface area contributed by atoms with Gasteiger partial charge in [-0.2, -0.15) is 0 Å². The summed E-state index contributed by atoms with van der Waals surface area (Å²) in [7, 11) is 0. The van der Waals surface area contributed by atoms with Crippen LogP contribution >= 0.6 is 0 Å². The van der Waals surface area contributed by atoms with Gasteiger partial charge in [0.2, 0.25) is 0 Å². The van der Waals surface area contributed by atoms with Crippen LogP contribution in [0.3, 0.4) is 0 Å². The zero-order valence-corrected chi connectivity index (χ0v) is 8.68. The first kappa shape index (κ1) is 10.0. The Morgan fingerprint density at radius 1 is 1.42 bits per heavy atom. The molecule has 0 aliphatic carbocycles. The van der Waals surface area contributed by atoms with E-state index in [4.69, 9.17) is 4.74 Å². The van der Waals surface area contributed by atoms with Crippen LogP contribution < -0.4 is 5.32 Å². The lowest BCUT2D eigenvalue weighted by atomic mass is 10.1. The molecule has 0 amide bonds. The summed E-state index contributed by atoms with van der Waals surface area (Å²) in [4.78, 5) is 0. The number of ether oxygens (including phenoxy) is 1. The molecule has 1 saturated heterocycles. The molecule has 12 heavy (non-hydrogen) atoms. The zero-order valence-electron chi connectivity index (χ0n) is 8.68. The van der Waals surface area contributed by atoms with Gasteiger partial charge in [-0.1, -0.05) is 20.3 Å². The van der Waals surface area contributed by atoms with E-state index in [0.717, 1.165) is 12.8 Å². The molecule has 0 bridgehead atoms. The quantitative estimate of drug-likeness (QED) is 0.703. The van der Waals surface area contributed by atoms with Gasteiger partial charge >= 0.3 is 0 Å². The fourth-order valence-electron chi connectivity index (χ4n) is 2.09. The molecule has 0 aromatic heterocycles. The van der Waals surface area contributed by atoms with Crippen molar-refractivity contribution in [3.63, 3.8) is 0 Å². The van der Waals surface area contributed by atoms with Crippen molar-refractivity contribution in [2.45, 2.75) is 64.8 Å². The normalized spacial score (nSPS) is 42.0. The Kier molecular flexibility index (Phi) is 3.13. The van der Waals surface area contributed by atoms with Crippen molar-refractivity contribution in [1.82, 2.24) is 5.32 Å². The average molecular weight is 171 g/mol. The summed E-state index contributed by atoms with van der Waals surface area (Å²) in [6.07, 6.45) is 3.79. The lowest BCUT2D eigenvalue weighted by Crippen LogP contribution is -2.40. The van der Waals surface area contributed by atoms with Crippen molar-refractivity contribution in [1.29, 1.82) is 0 Å². The molecule has 1 aliphatic heterocycles. The molecule has 1 rings (SSSR count). The minimum atomic E-state index is -0.0607.